The number of allylic oxidation sites excluding steroid dienone is 3. The Morgan fingerprint density at radius 3 is 2.47 bits per heavy atom. The average molecular weight is 575 g/mol. The van der Waals surface area contributed by atoms with Crippen molar-refractivity contribution >= 4 is 39.7 Å². The van der Waals surface area contributed by atoms with Gasteiger partial charge in [-0.2, -0.15) is 0 Å². The number of fused-ring (bicyclic) bond motifs is 6. The number of amidine groups is 1. The van der Waals surface area contributed by atoms with E-state index in [2.05, 4.69) is 49.1 Å². The summed E-state index contributed by atoms with van der Waals surface area (Å²) in [6.45, 7) is 4.35. The van der Waals surface area contributed by atoms with E-state index in [1.165, 1.54) is 10.5 Å². The van der Waals surface area contributed by atoms with Gasteiger partial charge in [-0.05, 0) is 35.4 Å². The first-order chi connectivity index (χ1) is 21.1. The highest BCUT2D eigenvalue weighted by Crippen LogP contribution is 2.53. The molecule has 1 aliphatic heterocycles. The summed E-state index contributed by atoms with van der Waals surface area (Å²) >= 11 is 1.86. The molecule has 0 saturated heterocycles. The Balaban J connectivity index is 1.25. The van der Waals surface area contributed by atoms with Gasteiger partial charge >= 0.3 is 0 Å². The molecule has 0 radical (unpaired) electrons. The Labute approximate surface area is 253 Å². The fourth-order valence-electron chi connectivity index (χ4n) is 5.97. The monoisotopic (exact) mass is 574 g/mol. The highest BCUT2D eigenvalue weighted by atomic mass is 32.2. The Kier molecular flexibility index (Phi) is 6.09. The van der Waals surface area contributed by atoms with Crippen LogP contribution >= 0.6 is 11.8 Å². The summed E-state index contributed by atoms with van der Waals surface area (Å²) in [5, 5.41) is 1.22. The number of hydrogen-bond acceptors (Lipinski definition) is 5. The van der Waals surface area contributed by atoms with Crippen LogP contribution < -0.4 is 5.73 Å². The van der Waals surface area contributed by atoms with Crippen molar-refractivity contribution in [2.24, 2.45) is 10.7 Å². The van der Waals surface area contributed by atoms with E-state index in [0.29, 0.717) is 22.9 Å². The molecular formula is C37H26N4OS. The Bertz CT molecular complexity index is 2140. The summed E-state index contributed by atoms with van der Waals surface area (Å²) in [5.41, 5.74) is 15.2. The van der Waals surface area contributed by atoms with Gasteiger partial charge in [-0.3, -0.25) is 0 Å². The summed E-state index contributed by atoms with van der Waals surface area (Å²) in [6, 6.07) is 34.5. The molecule has 43 heavy (non-hydrogen) atoms. The molecule has 5 nitrogen and oxygen atoms in total. The number of hydrogen-bond donors (Lipinski definition) is 1. The van der Waals surface area contributed by atoms with Gasteiger partial charge in [0.15, 0.2) is 11.4 Å². The van der Waals surface area contributed by atoms with Crippen molar-refractivity contribution in [3.8, 4) is 22.6 Å². The van der Waals surface area contributed by atoms with E-state index in [4.69, 9.17) is 25.1 Å². The zero-order chi connectivity index (χ0) is 28.9. The lowest BCUT2D eigenvalue weighted by Crippen LogP contribution is -2.17. The van der Waals surface area contributed by atoms with Gasteiger partial charge in [0, 0.05) is 38.1 Å². The maximum absolute atomic E-state index is 6.40. The quantitative estimate of drug-likeness (QED) is 0.165. The number of nitrogens with two attached hydrogens (primary N) is 1. The van der Waals surface area contributed by atoms with Gasteiger partial charge in [0.05, 0.1) is 5.70 Å². The van der Waals surface area contributed by atoms with Crippen molar-refractivity contribution < 1.29 is 4.42 Å². The molecule has 0 spiro atoms. The molecule has 2 aliphatic rings. The minimum Gasteiger partial charge on any atom is -0.452 e. The summed E-state index contributed by atoms with van der Waals surface area (Å²) in [7, 11) is 0. The van der Waals surface area contributed by atoms with Gasteiger partial charge in [0.1, 0.15) is 22.6 Å². The van der Waals surface area contributed by atoms with Crippen LogP contribution in [0.15, 0.2) is 154 Å². The molecule has 6 heteroatoms. The molecule has 0 saturated carbocycles. The summed E-state index contributed by atoms with van der Waals surface area (Å²) in [5.74, 6) is 1.22. The van der Waals surface area contributed by atoms with Crippen LogP contribution in [0.25, 0.3) is 44.7 Å². The van der Waals surface area contributed by atoms with Crippen LogP contribution in [0.2, 0.25) is 0 Å². The zero-order valence-electron chi connectivity index (χ0n) is 23.1. The predicted molar refractivity (Wildman–Crippen MR) is 176 cm³/mol. The van der Waals surface area contributed by atoms with Crippen molar-refractivity contribution in [3.05, 3.63) is 150 Å². The normalized spacial score (nSPS) is 17.6. The molecule has 3 heterocycles. The first-order valence-corrected chi connectivity index (χ1v) is 15.0. The predicted octanol–water partition coefficient (Wildman–Crippen LogP) is 8.68. The van der Waals surface area contributed by atoms with Crippen molar-refractivity contribution in [1.82, 2.24) is 9.97 Å². The zero-order valence-corrected chi connectivity index (χ0v) is 24.0. The first kappa shape index (κ1) is 25.5. The van der Waals surface area contributed by atoms with Crippen molar-refractivity contribution in [2.45, 2.75) is 16.1 Å². The van der Waals surface area contributed by atoms with Crippen LogP contribution in [0.5, 0.6) is 0 Å². The molecule has 0 amide bonds. The van der Waals surface area contributed by atoms with E-state index in [-0.39, 0.29) is 11.2 Å². The molecule has 2 N–H and O–H groups in total. The third-order valence-electron chi connectivity index (χ3n) is 8.03. The second-order valence-electron chi connectivity index (χ2n) is 10.7. The molecule has 4 aromatic carbocycles. The Morgan fingerprint density at radius 2 is 1.63 bits per heavy atom. The first-order valence-electron chi connectivity index (χ1n) is 14.2. The molecule has 6 aromatic rings. The second-order valence-corrected chi connectivity index (χ2v) is 11.9. The topological polar surface area (TPSA) is 77.3 Å². The van der Waals surface area contributed by atoms with Crippen molar-refractivity contribution in [2.75, 3.05) is 0 Å². The third kappa shape index (κ3) is 4.39. The third-order valence-corrected chi connectivity index (χ3v) is 9.36. The number of rotatable bonds is 5. The molecule has 1 aliphatic carbocycles. The van der Waals surface area contributed by atoms with Gasteiger partial charge < -0.3 is 10.2 Å². The van der Waals surface area contributed by atoms with Gasteiger partial charge in [-0.25, -0.2) is 15.0 Å². The van der Waals surface area contributed by atoms with Crippen LogP contribution in [0, 0.1) is 0 Å². The highest BCUT2D eigenvalue weighted by molar-refractivity contribution is 8.00. The number of thioether (sulfide) groups is 1. The Morgan fingerprint density at radius 1 is 0.860 bits per heavy atom. The number of furan rings is 1. The molecule has 0 bridgehead atoms. The minimum absolute atomic E-state index is 0.0892. The van der Waals surface area contributed by atoms with Gasteiger partial charge in [0.25, 0.3) is 0 Å². The summed E-state index contributed by atoms with van der Waals surface area (Å²) in [6.07, 6.45) is 6.47. The number of para-hydroxylation sites is 1. The molecule has 0 fully saturated rings. The molecule has 206 valence electrons. The van der Waals surface area contributed by atoms with E-state index < -0.39 is 0 Å². The number of benzene rings is 4. The molecule has 8 rings (SSSR count). The SMILES string of the molecule is C=C(N=C(N)c1ccccc1)C1=CC=CC2Sc3ccc(-c4nc(-c5ccccc5)nc5c4oc4ccccc45)cc3C12. The maximum atomic E-state index is 6.40. The summed E-state index contributed by atoms with van der Waals surface area (Å²) in [4.78, 5) is 16.1. The van der Waals surface area contributed by atoms with Crippen LogP contribution in [-0.2, 0) is 0 Å². The lowest BCUT2D eigenvalue weighted by Gasteiger charge is -2.24. The smallest absolute Gasteiger partial charge is 0.180 e. The van der Waals surface area contributed by atoms with E-state index in [0.717, 1.165) is 44.4 Å². The molecule has 2 atom stereocenters. The fourth-order valence-corrected chi connectivity index (χ4v) is 7.33. The molecule has 2 aromatic heterocycles. The highest BCUT2D eigenvalue weighted by Gasteiger charge is 2.37. The van der Waals surface area contributed by atoms with Crippen molar-refractivity contribution in [1.29, 1.82) is 0 Å². The van der Waals surface area contributed by atoms with Crippen LogP contribution in [-0.4, -0.2) is 21.1 Å². The largest absolute Gasteiger partial charge is 0.452 e. The van der Waals surface area contributed by atoms with Crippen LogP contribution in [0.1, 0.15) is 17.0 Å². The van der Waals surface area contributed by atoms with E-state index >= 15 is 0 Å². The standard InChI is InChI=1S/C37H26N4OS/c1-22(39-36(38)23-11-4-2-5-12-23)26-16-10-18-31-32(26)28-21-25(19-20-30(28)43-31)33-35-34(27-15-8-9-17-29(27)42-35)41-37(40-33)24-13-6-3-7-14-24/h2-21,31-32H,1H2,(H2,38,39). The molecule has 2 unspecified atom stereocenters. The fraction of sp³-hybridized carbons (Fsp3) is 0.0541. The van der Waals surface area contributed by atoms with E-state index in [9.17, 15) is 0 Å². The number of nitrogens with zero attached hydrogens (tertiary/aromatic N) is 3. The Hall–Kier alpha value is -5.20. The lowest BCUT2D eigenvalue weighted by molar-refractivity contribution is 0.667. The van der Waals surface area contributed by atoms with Crippen LogP contribution in [0.4, 0.5) is 0 Å². The lowest BCUT2D eigenvalue weighted by atomic mass is 9.83. The number of aliphatic imine (C=N–C) groups is 1. The minimum atomic E-state index is 0.0892. The van der Waals surface area contributed by atoms with Gasteiger partial charge in [-0.1, -0.05) is 104 Å². The molecular weight excluding hydrogens is 549 g/mol. The second kappa shape index (κ2) is 10.3. The van der Waals surface area contributed by atoms with Crippen LogP contribution in [0.3, 0.4) is 0 Å². The van der Waals surface area contributed by atoms with E-state index in [1.54, 1.807) is 0 Å². The number of aromatic nitrogens is 2. The summed E-state index contributed by atoms with van der Waals surface area (Å²) < 4.78 is 6.40. The van der Waals surface area contributed by atoms with Gasteiger partial charge in [-0.15, -0.1) is 11.8 Å². The average Bonchev–Trinajstić information content (AvgIpc) is 3.63. The van der Waals surface area contributed by atoms with E-state index in [1.807, 2.05) is 90.6 Å². The maximum Gasteiger partial charge on any atom is 0.180 e. The van der Waals surface area contributed by atoms with Gasteiger partial charge in [0.2, 0.25) is 0 Å². The van der Waals surface area contributed by atoms with Crippen molar-refractivity contribution in [3.63, 3.8) is 0 Å².